The van der Waals surface area contributed by atoms with E-state index in [1.807, 2.05) is 0 Å². The number of methoxy groups -OCH3 is 2. The molecule has 2 bridgehead atoms. The summed E-state index contributed by atoms with van der Waals surface area (Å²) in [7, 11) is 2.98. The summed E-state index contributed by atoms with van der Waals surface area (Å²) >= 11 is 0. The van der Waals surface area contributed by atoms with Crippen molar-refractivity contribution in [2.24, 2.45) is 11.8 Å². The Bertz CT molecular complexity index is 271. The van der Waals surface area contributed by atoms with Crippen LogP contribution >= 0.6 is 0 Å². The average Bonchev–Trinajstić information content (AvgIpc) is 2.60. The molecule has 3 fully saturated rings. The van der Waals surface area contributed by atoms with Crippen molar-refractivity contribution in [3.05, 3.63) is 12.2 Å². The van der Waals surface area contributed by atoms with Gasteiger partial charge >= 0.3 is 5.97 Å². The highest BCUT2D eigenvalue weighted by Gasteiger charge is 2.67. The van der Waals surface area contributed by atoms with E-state index >= 15 is 0 Å². The second-order valence-corrected chi connectivity index (χ2v) is 3.84. The molecule has 3 aliphatic rings. The third-order valence-electron chi connectivity index (χ3n) is 3.49. The van der Waals surface area contributed by atoms with Crippen LogP contribution in [-0.2, 0) is 14.3 Å². The number of fused-ring (bicyclic) bond motifs is 1. The van der Waals surface area contributed by atoms with Gasteiger partial charge in [0, 0.05) is 18.9 Å². The minimum Gasteiger partial charge on any atom is -0.467 e. The zero-order valence-corrected chi connectivity index (χ0v) is 8.00. The van der Waals surface area contributed by atoms with Gasteiger partial charge in [-0.05, 0) is 12.8 Å². The third kappa shape index (κ3) is 0.804. The minimum atomic E-state index is -0.689. The lowest BCUT2D eigenvalue weighted by Crippen LogP contribution is -2.58. The molecule has 0 aromatic rings. The molecule has 72 valence electrons. The largest absolute Gasteiger partial charge is 0.467 e. The molecular weight excluding hydrogens is 168 g/mol. The van der Waals surface area contributed by atoms with Gasteiger partial charge in [-0.15, -0.1) is 0 Å². The monoisotopic (exact) mass is 182 g/mol. The second kappa shape index (κ2) is 2.58. The van der Waals surface area contributed by atoms with Crippen LogP contribution in [0.2, 0.25) is 0 Å². The summed E-state index contributed by atoms with van der Waals surface area (Å²) in [4.78, 5) is 11.6. The van der Waals surface area contributed by atoms with Crippen molar-refractivity contribution in [1.29, 1.82) is 0 Å². The van der Waals surface area contributed by atoms with E-state index in [0.717, 1.165) is 18.4 Å². The Balaban J connectivity index is 2.29. The molecule has 0 aromatic heterocycles. The fraction of sp³-hybridized carbons (Fsp3) is 0.700. The van der Waals surface area contributed by atoms with Gasteiger partial charge < -0.3 is 9.47 Å². The molecule has 0 aromatic carbocycles. The SMILES string of the molecule is C=C1CC2CC1C2(OC)C(=O)OC. The highest BCUT2D eigenvalue weighted by molar-refractivity contribution is 5.83. The molecule has 0 aliphatic heterocycles. The first kappa shape index (κ1) is 8.75. The average molecular weight is 182 g/mol. The summed E-state index contributed by atoms with van der Waals surface area (Å²) in [5.41, 5.74) is 0.448. The highest BCUT2D eigenvalue weighted by Crippen LogP contribution is 2.60. The van der Waals surface area contributed by atoms with Gasteiger partial charge in [-0.1, -0.05) is 12.2 Å². The van der Waals surface area contributed by atoms with Gasteiger partial charge in [0.25, 0.3) is 0 Å². The van der Waals surface area contributed by atoms with E-state index in [2.05, 4.69) is 6.58 Å². The smallest absolute Gasteiger partial charge is 0.339 e. The molecule has 3 saturated carbocycles. The maximum Gasteiger partial charge on any atom is 0.339 e. The zero-order valence-electron chi connectivity index (χ0n) is 8.00. The van der Waals surface area contributed by atoms with E-state index in [-0.39, 0.29) is 11.9 Å². The van der Waals surface area contributed by atoms with Crippen LogP contribution < -0.4 is 0 Å². The van der Waals surface area contributed by atoms with Gasteiger partial charge in [0.1, 0.15) is 0 Å². The number of esters is 1. The van der Waals surface area contributed by atoms with Crippen molar-refractivity contribution in [3.63, 3.8) is 0 Å². The first-order valence-electron chi connectivity index (χ1n) is 4.48. The van der Waals surface area contributed by atoms with Gasteiger partial charge in [-0.25, -0.2) is 4.79 Å². The lowest BCUT2D eigenvalue weighted by molar-refractivity contribution is -0.194. The molecule has 3 atom stereocenters. The number of carbonyl (C=O) groups excluding carboxylic acids is 1. The number of hydrogen-bond donors (Lipinski definition) is 0. The van der Waals surface area contributed by atoms with Gasteiger partial charge in [0.2, 0.25) is 0 Å². The molecular formula is C10H14O3. The molecule has 0 spiro atoms. The molecule has 3 heteroatoms. The molecule has 0 saturated heterocycles. The summed E-state index contributed by atoms with van der Waals surface area (Å²) in [5.74, 6) is 0.243. The maximum atomic E-state index is 11.6. The minimum absolute atomic E-state index is 0.190. The number of carbonyl (C=O) groups is 1. The van der Waals surface area contributed by atoms with Gasteiger partial charge in [0.05, 0.1) is 7.11 Å². The molecule has 0 N–H and O–H groups in total. The fourth-order valence-corrected chi connectivity index (χ4v) is 2.78. The summed E-state index contributed by atoms with van der Waals surface area (Å²) in [6.45, 7) is 3.95. The Labute approximate surface area is 77.7 Å². The standard InChI is InChI=1S/C10H14O3/c1-6-4-7-5-8(6)10(7,13-3)9(11)12-2/h7-8H,1,4-5H2,2-3H3. The molecule has 3 unspecified atom stereocenters. The van der Waals surface area contributed by atoms with E-state index in [1.165, 1.54) is 7.11 Å². The molecule has 0 heterocycles. The van der Waals surface area contributed by atoms with Gasteiger partial charge in [-0.3, -0.25) is 0 Å². The Morgan fingerprint density at radius 3 is 2.62 bits per heavy atom. The van der Waals surface area contributed by atoms with E-state index in [0.29, 0.717) is 5.92 Å². The predicted molar refractivity (Wildman–Crippen MR) is 47.1 cm³/mol. The summed E-state index contributed by atoms with van der Waals surface area (Å²) in [5, 5.41) is 0. The van der Waals surface area contributed by atoms with Crippen LogP contribution in [0.3, 0.4) is 0 Å². The Morgan fingerprint density at radius 1 is 1.62 bits per heavy atom. The Kier molecular flexibility index (Phi) is 1.74. The maximum absolute atomic E-state index is 11.6. The number of rotatable bonds is 2. The second-order valence-electron chi connectivity index (χ2n) is 3.84. The zero-order chi connectivity index (χ0) is 9.64. The Morgan fingerprint density at radius 2 is 2.31 bits per heavy atom. The molecule has 3 rings (SSSR count). The van der Waals surface area contributed by atoms with Crippen LogP contribution in [-0.4, -0.2) is 25.8 Å². The lowest BCUT2D eigenvalue weighted by atomic mass is 9.67. The predicted octanol–water partition coefficient (Wildman–Crippen LogP) is 1.14. The summed E-state index contributed by atoms with van der Waals surface area (Å²) in [6.07, 6.45) is 1.94. The molecule has 0 radical (unpaired) electrons. The number of ether oxygens (including phenoxy) is 2. The molecule has 13 heavy (non-hydrogen) atoms. The third-order valence-corrected chi connectivity index (χ3v) is 3.49. The van der Waals surface area contributed by atoms with Crippen molar-refractivity contribution in [2.75, 3.05) is 14.2 Å². The quantitative estimate of drug-likeness (QED) is 0.474. The van der Waals surface area contributed by atoms with Crippen LogP contribution in [0.25, 0.3) is 0 Å². The van der Waals surface area contributed by atoms with E-state index in [9.17, 15) is 4.79 Å². The van der Waals surface area contributed by atoms with Gasteiger partial charge in [0.15, 0.2) is 5.60 Å². The number of hydrogen-bond acceptors (Lipinski definition) is 3. The summed E-state index contributed by atoms with van der Waals surface area (Å²) in [6, 6.07) is 0. The summed E-state index contributed by atoms with van der Waals surface area (Å²) < 4.78 is 10.1. The van der Waals surface area contributed by atoms with Crippen LogP contribution in [0.15, 0.2) is 12.2 Å². The van der Waals surface area contributed by atoms with Crippen LogP contribution in [0.4, 0.5) is 0 Å². The molecule has 3 nitrogen and oxygen atoms in total. The molecule has 3 aliphatic carbocycles. The lowest BCUT2D eigenvalue weighted by Gasteiger charge is -2.45. The first-order chi connectivity index (χ1) is 6.16. The topological polar surface area (TPSA) is 35.5 Å². The van der Waals surface area contributed by atoms with Gasteiger partial charge in [-0.2, -0.15) is 0 Å². The van der Waals surface area contributed by atoms with Crippen molar-refractivity contribution < 1.29 is 14.3 Å². The van der Waals surface area contributed by atoms with E-state index < -0.39 is 5.60 Å². The van der Waals surface area contributed by atoms with E-state index in [4.69, 9.17) is 9.47 Å². The first-order valence-corrected chi connectivity index (χ1v) is 4.48. The van der Waals surface area contributed by atoms with Crippen LogP contribution in [0.5, 0.6) is 0 Å². The fourth-order valence-electron chi connectivity index (χ4n) is 2.78. The molecule has 0 amide bonds. The van der Waals surface area contributed by atoms with Crippen molar-refractivity contribution in [3.8, 4) is 0 Å². The van der Waals surface area contributed by atoms with E-state index in [1.54, 1.807) is 7.11 Å². The van der Waals surface area contributed by atoms with Crippen LogP contribution in [0, 0.1) is 11.8 Å². The highest BCUT2D eigenvalue weighted by atomic mass is 16.6. The van der Waals surface area contributed by atoms with Crippen LogP contribution in [0.1, 0.15) is 12.8 Å². The van der Waals surface area contributed by atoms with Crippen molar-refractivity contribution >= 4 is 5.97 Å². The Hall–Kier alpha value is -0.830. The normalized spacial score (nSPS) is 41.5. The van der Waals surface area contributed by atoms with Crippen molar-refractivity contribution in [1.82, 2.24) is 0 Å². The van der Waals surface area contributed by atoms with Crippen molar-refractivity contribution in [2.45, 2.75) is 18.4 Å².